The molecular formula is C20H34FIN4O2. The summed E-state index contributed by atoms with van der Waals surface area (Å²) in [6, 6.07) is 6.07. The average Bonchev–Trinajstić information content (AvgIpc) is 2.62. The van der Waals surface area contributed by atoms with E-state index in [1.54, 1.807) is 19.2 Å². The molecule has 1 unspecified atom stereocenters. The Hall–Kier alpha value is -1.42. The Labute approximate surface area is 185 Å². The lowest BCUT2D eigenvalue weighted by atomic mass is 10.0. The highest BCUT2D eigenvalue weighted by atomic mass is 127. The quantitative estimate of drug-likeness (QED) is 0.186. The number of guanidine groups is 1. The van der Waals surface area contributed by atoms with Crippen molar-refractivity contribution in [2.24, 2.45) is 10.9 Å². The minimum atomic E-state index is -0.333. The zero-order valence-corrected chi connectivity index (χ0v) is 19.6. The van der Waals surface area contributed by atoms with Gasteiger partial charge in [0.25, 0.3) is 0 Å². The van der Waals surface area contributed by atoms with Gasteiger partial charge in [0, 0.05) is 33.3 Å². The molecule has 0 saturated carbocycles. The molecule has 0 fully saturated rings. The highest BCUT2D eigenvalue weighted by Crippen LogP contribution is 2.09. The van der Waals surface area contributed by atoms with Crippen LogP contribution in [0.3, 0.4) is 0 Å². The van der Waals surface area contributed by atoms with E-state index in [1.807, 2.05) is 6.92 Å². The molecule has 160 valence electrons. The highest BCUT2D eigenvalue weighted by Gasteiger charge is 2.13. The number of amides is 1. The maximum Gasteiger partial charge on any atom is 0.224 e. The summed E-state index contributed by atoms with van der Waals surface area (Å²) in [4.78, 5) is 16.1. The number of halogens is 2. The first-order chi connectivity index (χ1) is 13.0. The summed E-state index contributed by atoms with van der Waals surface area (Å²) in [7, 11) is 1.71. The molecular weight excluding hydrogens is 474 g/mol. The Balaban J connectivity index is 0.00000729. The van der Waals surface area contributed by atoms with Crippen molar-refractivity contribution in [3.63, 3.8) is 0 Å². The molecule has 0 heterocycles. The van der Waals surface area contributed by atoms with Crippen molar-refractivity contribution < 1.29 is 13.9 Å². The number of nitrogens with one attached hydrogen (secondary N) is 3. The van der Waals surface area contributed by atoms with Gasteiger partial charge in [-0.05, 0) is 37.0 Å². The predicted octanol–water partition coefficient (Wildman–Crippen LogP) is 2.72. The molecule has 1 atom stereocenters. The largest absolute Gasteiger partial charge is 0.378 e. The van der Waals surface area contributed by atoms with Crippen molar-refractivity contribution in [1.29, 1.82) is 0 Å². The molecule has 1 rings (SSSR count). The van der Waals surface area contributed by atoms with Crippen molar-refractivity contribution in [3.8, 4) is 0 Å². The van der Waals surface area contributed by atoms with Gasteiger partial charge in [-0.1, -0.05) is 26.0 Å². The van der Waals surface area contributed by atoms with Crippen LogP contribution in [0.2, 0.25) is 0 Å². The Morgan fingerprint density at radius 1 is 1.18 bits per heavy atom. The fourth-order valence-corrected chi connectivity index (χ4v) is 2.65. The molecule has 0 aliphatic carbocycles. The Morgan fingerprint density at radius 2 is 1.86 bits per heavy atom. The van der Waals surface area contributed by atoms with Crippen LogP contribution in [0.15, 0.2) is 29.3 Å². The number of rotatable bonds is 11. The molecule has 0 aliphatic heterocycles. The second-order valence-corrected chi connectivity index (χ2v) is 6.61. The van der Waals surface area contributed by atoms with Crippen LogP contribution in [0.5, 0.6) is 0 Å². The Bertz CT molecular complexity index is 599. The molecule has 1 aromatic rings. The number of nitrogens with zero attached hydrogens (tertiary/aromatic N) is 1. The first kappa shape index (κ1) is 26.6. The number of carbonyl (C=O) groups excluding carboxylic acids is 1. The van der Waals surface area contributed by atoms with Crippen LogP contribution in [-0.4, -0.2) is 51.3 Å². The van der Waals surface area contributed by atoms with Gasteiger partial charge in [-0.2, -0.15) is 0 Å². The smallest absolute Gasteiger partial charge is 0.224 e. The molecule has 28 heavy (non-hydrogen) atoms. The van der Waals surface area contributed by atoms with Crippen molar-refractivity contribution in [2.45, 2.75) is 39.7 Å². The lowest BCUT2D eigenvalue weighted by Crippen LogP contribution is -2.42. The summed E-state index contributed by atoms with van der Waals surface area (Å²) in [5, 5.41) is 9.22. The number of benzene rings is 1. The van der Waals surface area contributed by atoms with Gasteiger partial charge in [-0.3, -0.25) is 9.79 Å². The number of aliphatic imine (C=N–C) groups is 1. The van der Waals surface area contributed by atoms with E-state index in [-0.39, 0.29) is 48.2 Å². The summed E-state index contributed by atoms with van der Waals surface area (Å²) in [5.74, 6) is 0.686. The van der Waals surface area contributed by atoms with E-state index in [0.717, 1.165) is 13.0 Å². The van der Waals surface area contributed by atoms with Crippen LogP contribution in [0, 0.1) is 11.7 Å². The first-order valence-electron chi connectivity index (χ1n) is 9.53. The van der Waals surface area contributed by atoms with Crippen LogP contribution < -0.4 is 16.0 Å². The van der Waals surface area contributed by atoms with Gasteiger partial charge in [0.2, 0.25) is 5.91 Å². The summed E-state index contributed by atoms with van der Waals surface area (Å²) >= 11 is 0. The maximum atomic E-state index is 13.1. The van der Waals surface area contributed by atoms with Crippen LogP contribution in [0.4, 0.5) is 4.39 Å². The first-order valence-corrected chi connectivity index (χ1v) is 9.53. The maximum absolute atomic E-state index is 13.1. The number of hydrogen-bond donors (Lipinski definition) is 3. The van der Waals surface area contributed by atoms with Crippen molar-refractivity contribution in [1.82, 2.24) is 16.0 Å². The van der Waals surface area contributed by atoms with Gasteiger partial charge in [0.05, 0.1) is 12.5 Å². The number of ether oxygens (including phenoxy) is 1. The van der Waals surface area contributed by atoms with E-state index in [4.69, 9.17) is 4.74 Å². The second kappa shape index (κ2) is 15.5. The molecule has 6 nitrogen and oxygen atoms in total. The third-order valence-corrected chi connectivity index (χ3v) is 4.06. The number of hydrogen-bond acceptors (Lipinski definition) is 3. The summed E-state index contributed by atoms with van der Waals surface area (Å²) in [5.41, 5.74) is 0.659. The lowest BCUT2D eigenvalue weighted by Gasteiger charge is -2.21. The molecule has 1 aromatic carbocycles. The SMILES string of the molecule is CCOC(CCNC(=NC)NCCNC(=O)Cc1cccc(F)c1)C(C)C.I. The molecule has 0 aromatic heterocycles. The topological polar surface area (TPSA) is 74.8 Å². The van der Waals surface area contributed by atoms with Gasteiger partial charge in [-0.15, -0.1) is 24.0 Å². The second-order valence-electron chi connectivity index (χ2n) is 6.61. The summed E-state index contributed by atoms with van der Waals surface area (Å²) in [6.07, 6.45) is 1.29. The van der Waals surface area contributed by atoms with Crippen molar-refractivity contribution >= 4 is 35.8 Å². The van der Waals surface area contributed by atoms with Crippen LogP contribution in [-0.2, 0) is 16.0 Å². The lowest BCUT2D eigenvalue weighted by molar-refractivity contribution is -0.120. The Morgan fingerprint density at radius 3 is 2.46 bits per heavy atom. The van der Waals surface area contributed by atoms with Crippen LogP contribution >= 0.6 is 24.0 Å². The highest BCUT2D eigenvalue weighted by molar-refractivity contribution is 14.0. The third kappa shape index (κ3) is 11.4. The van der Waals surface area contributed by atoms with E-state index >= 15 is 0 Å². The molecule has 0 aliphatic rings. The predicted molar refractivity (Wildman–Crippen MR) is 123 cm³/mol. The van der Waals surface area contributed by atoms with E-state index in [1.165, 1.54) is 12.1 Å². The van der Waals surface area contributed by atoms with E-state index in [9.17, 15) is 9.18 Å². The van der Waals surface area contributed by atoms with Crippen molar-refractivity contribution in [2.75, 3.05) is 33.3 Å². The number of carbonyl (C=O) groups is 1. The monoisotopic (exact) mass is 508 g/mol. The molecule has 8 heteroatoms. The minimum Gasteiger partial charge on any atom is -0.378 e. The van der Waals surface area contributed by atoms with E-state index in [0.29, 0.717) is 37.1 Å². The molecule has 3 N–H and O–H groups in total. The molecule has 1 amide bonds. The minimum absolute atomic E-state index is 0. The van der Waals surface area contributed by atoms with Crippen LogP contribution in [0.25, 0.3) is 0 Å². The molecule has 0 bridgehead atoms. The molecule has 0 saturated heterocycles. The van der Waals surface area contributed by atoms with Gasteiger partial charge >= 0.3 is 0 Å². The summed E-state index contributed by atoms with van der Waals surface area (Å²) < 4.78 is 18.8. The summed E-state index contributed by atoms with van der Waals surface area (Å²) in [6.45, 7) is 8.79. The van der Waals surface area contributed by atoms with Gasteiger partial charge < -0.3 is 20.7 Å². The molecule has 0 spiro atoms. The van der Waals surface area contributed by atoms with E-state index < -0.39 is 0 Å². The normalized spacial score (nSPS) is 12.3. The fraction of sp³-hybridized carbons (Fsp3) is 0.600. The van der Waals surface area contributed by atoms with Gasteiger partial charge in [0.15, 0.2) is 5.96 Å². The van der Waals surface area contributed by atoms with Crippen molar-refractivity contribution in [3.05, 3.63) is 35.6 Å². The average molecular weight is 508 g/mol. The Kier molecular flexibility index (Phi) is 14.7. The van der Waals surface area contributed by atoms with E-state index in [2.05, 4.69) is 34.8 Å². The zero-order chi connectivity index (χ0) is 20.1. The zero-order valence-electron chi connectivity index (χ0n) is 17.3. The standard InChI is InChI=1S/C20H33FN4O2.HI/c1-5-27-18(15(2)3)9-10-24-20(22-4)25-12-11-23-19(26)14-16-7-6-8-17(21)13-16;/h6-8,13,15,18H,5,9-12,14H2,1-4H3,(H,23,26)(H2,22,24,25);1H. The fourth-order valence-electron chi connectivity index (χ4n) is 2.65. The van der Waals surface area contributed by atoms with Gasteiger partial charge in [0.1, 0.15) is 5.82 Å². The van der Waals surface area contributed by atoms with Crippen LogP contribution in [0.1, 0.15) is 32.8 Å². The molecule has 0 radical (unpaired) electrons. The van der Waals surface area contributed by atoms with Gasteiger partial charge in [-0.25, -0.2) is 4.39 Å². The third-order valence-electron chi connectivity index (χ3n) is 4.06.